The van der Waals surface area contributed by atoms with E-state index in [0.29, 0.717) is 46.5 Å². The summed E-state index contributed by atoms with van der Waals surface area (Å²) in [5.41, 5.74) is 1.40. The van der Waals surface area contributed by atoms with Crippen LogP contribution < -0.4 is 9.64 Å². The molecule has 3 aliphatic rings. The predicted molar refractivity (Wildman–Crippen MR) is 128 cm³/mol. The molecule has 0 saturated heterocycles. The number of aryl methyl sites for hydroxylation is 1. The van der Waals surface area contributed by atoms with Gasteiger partial charge in [0.1, 0.15) is 24.6 Å². The summed E-state index contributed by atoms with van der Waals surface area (Å²) in [4.78, 5) is 45.8. The van der Waals surface area contributed by atoms with Gasteiger partial charge in [-0.1, -0.05) is 36.1 Å². The maximum absolute atomic E-state index is 14.2. The van der Waals surface area contributed by atoms with E-state index in [1.807, 2.05) is 0 Å². The Labute approximate surface area is 206 Å². The number of fused-ring (bicyclic) bond motifs is 1. The van der Waals surface area contributed by atoms with Gasteiger partial charge in [-0.05, 0) is 43.9 Å². The van der Waals surface area contributed by atoms with Crippen LogP contribution in [0.15, 0.2) is 48.3 Å². The summed E-state index contributed by atoms with van der Waals surface area (Å²) in [7, 11) is 0. The fraction of sp³-hybridized carbons (Fsp3) is 0.385. The van der Waals surface area contributed by atoms with Crippen molar-refractivity contribution in [2.75, 3.05) is 11.5 Å². The number of aromatic nitrogens is 1. The standard InChI is InChI=1S/C26H25FN2O5S/c1-4-11-33-17-8-5-15(6-9-17)21-20-22(31)18-12-16(27)7-10-19(18)34-23(20)25(32)29(21)26-28-13(2)24(35-26)14(3)30/h4-6,8-9,16,18-19,21H,1,7,10-12H2,2-3H3. The molecule has 1 aromatic heterocycles. The molecule has 4 unspecified atom stereocenters. The minimum Gasteiger partial charge on any atom is -0.490 e. The van der Waals surface area contributed by atoms with Crippen LogP contribution in [0.4, 0.5) is 9.52 Å². The van der Waals surface area contributed by atoms with Crippen LogP contribution in [0, 0.1) is 12.8 Å². The van der Waals surface area contributed by atoms with Gasteiger partial charge in [0, 0.05) is 6.92 Å². The lowest BCUT2D eigenvalue weighted by molar-refractivity contribution is -0.133. The molecule has 182 valence electrons. The second-order valence-electron chi connectivity index (χ2n) is 8.99. The summed E-state index contributed by atoms with van der Waals surface area (Å²) in [5, 5.41) is 0.312. The van der Waals surface area contributed by atoms with E-state index in [9.17, 15) is 18.8 Å². The number of thiazole rings is 1. The van der Waals surface area contributed by atoms with E-state index < -0.39 is 30.1 Å². The zero-order valence-electron chi connectivity index (χ0n) is 19.5. The molecule has 35 heavy (non-hydrogen) atoms. The number of rotatable bonds is 6. The summed E-state index contributed by atoms with van der Waals surface area (Å²) in [5.74, 6) is -0.900. The molecule has 0 bridgehead atoms. The number of carbonyl (C=O) groups excluding carboxylic acids is 3. The second kappa shape index (κ2) is 9.03. The Kier molecular flexibility index (Phi) is 6.04. The molecule has 9 heteroatoms. The smallest absolute Gasteiger partial charge is 0.296 e. The van der Waals surface area contributed by atoms with Crippen LogP contribution in [0.1, 0.15) is 53.2 Å². The summed E-state index contributed by atoms with van der Waals surface area (Å²) >= 11 is 1.11. The van der Waals surface area contributed by atoms with Crippen molar-refractivity contribution >= 4 is 33.9 Å². The van der Waals surface area contributed by atoms with E-state index in [1.165, 1.54) is 11.8 Å². The van der Waals surface area contributed by atoms with Gasteiger partial charge in [0.05, 0.1) is 28.1 Å². The highest BCUT2D eigenvalue weighted by molar-refractivity contribution is 7.17. The van der Waals surface area contributed by atoms with E-state index in [2.05, 4.69) is 11.6 Å². The number of alkyl halides is 1. The molecule has 2 aromatic rings. The third-order valence-electron chi connectivity index (χ3n) is 6.66. The minimum atomic E-state index is -1.07. The molecule has 4 atom stereocenters. The molecule has 1 fully saturated rings. The number of amides is 1. The van der Waals surface area contributed by atoms with Crippen molar-refractivity contribution < 1.29 is 28.2 Å². The second-order valence-corrected chi connectivity index (χ2v) is 9.97. The number of Topliss-reactive ketones (excluding diaryl/α,β-unsaturated/α-hetero) is 2. The van der Waals surface area contributed by atoms with Crippen molar-refractivity contribution in [2.45, 2.75) is 51.4 Å². The van der Waals surface area contributed by atoms with E-state index in [-0.39, 0.29) is 29.3 Å². The molecule has 2 aliphatic heterocycles. The largest absolute Gasteiger partial charge is 0.490 e. The summed E-state index contributed by atoms with van der Waals surface area (Å²) in [6, 6.07) is 6.27. The first kappa shape index (κ1) is 23.4. The van der Waals surface area contributed by atoms with Crippen LogP contribution in [0.2, 0.25) is 0 Å². The third-order valence-corrected chi connectivity index (χ3v) is 7.92. The topological polar surface area (TPSA) is 85.8 Å². The lowest BCUT2D eigenvalue weighted by atomic mass is 9.77. The Balaban J connectivity index is 1.60. The molecular formula is C26H25FN2O5S. The fourth-order valence-corrected chi connectivity index (χ4v) is 6.03. The Hall–Kier alpha value is -3.33. The molecular weight excluding hydrogens is 471 g/mol. The molecule has 7 nitrogen and oxygen atoms in total. The molecule has 0 spiro atoms. The van der Waals surface area contributed by atoms with Gasteiger partial charge >= 0.3 is 0 Å². The van der Waals surface area contributed by atoms with Crippen LogP contribution in [0.25, 0.3) is 0 Å². The van der Waals surface area contributed by atoms with E-state index in [4.69, 9.17) is 9.47 Å². The van der Waals surface area contributed by atoms with Crippen molar-refractivity contribution in [2.24, 2.45) is 5.92 Å². The quantitative estimate of drug-likeness (QED) is 0.427. The molecule has 1 amide bonds. The first-order valence-electron chi connectivity index (χ1n) is 11.5. The third kappa shape index (κ3) is 3.97. The van der Waals surface area contributed by atoms with E-state index in [0.717, 1.165) is 11.3 Å². The average molecular weight is 497 g/mol. The van der Waals surface area contributed by atoms with E-state index >= 15 is 0 Å². The predicted octanol–water partition coefficient (Wildman–Crippen LogP) is 4.67. The van der Waals surface area contributed by atoms with Gasteiger partial charge in [0.15, 0.2) is 22.5 Å². The van der Waals surface area contributed by atoms with Crippen molar-refractivity contribution in [1.82, 2.24) is 4.98 Å². The number of nitrogens with zero attached hydrogens (tertiary/aromatic N) is 2. The monoisotopic (exact) mass is 496 g/mol. The van der Waals surface area contributed by atoms with Crippen molar-refractivity contribution in [3.05, 3.63) is 64.4 Å². The molecule has 1 aromatic carbocycles. The number of benzene rings is 1. The number of carbonyl (C=O) groups is 3. The van der Waals surface area contributed by atoms with Gasteiger partial charge in [-0.3, -0.25) is 19.3 Å². The van der Waals surface area contributed by atoms with Crippen LogP contribution in [0.3, 0.4) is 0 Å². The van der Waals surface area contributed by atoms with Gasteiger partial charge in [-0.15, -0.1) is 0 Å². The normalized spacial score (nSPS) is 25.7. The minimum absolute atomic E-state index is 0.00256. The highest BCUT2D eigenvalue weighted by Gasteiger charge is 2.54. The Morgan fingerprint density at radius 1 is 1.31 bits per heavy atom. The number of anilines is 1. The SMILES string of the molecule is C=CCOc1ccc(C2C3=C(OC4CCC(F)CC4C3=O)C(=O)N2c2nc(C)c(C(C)=O)s2)cc1. The highest BCUT2D eigenvalue weighted by Crippen LogP contribution is 2.49. The van der Waals surface area contributed by atoms with E-state index in [1.54, 1.807) is 37.3 Å². The van der Waals surface area contributed by atoms with Crippen molar-refractivity contribution in [1.29, 1.82) is 0 Å². The summed E-state index contributed by atoms with van der Waals surface area (Å²) in [6.45, 7) is 7.14. The van der Waals surface area contributed by atoms with Gasteiger partial charge in [-0.2, -0.15) is 0 Å². The van der Waals surface area contributed by atoms with Gasteiger partial charge in [0.2, 0.25) is 0 Å². The molecule has 0 radical (unpaired) electrons. The highest BCUT2D eigenvalue weighted by atomic mass is 32.1. The first-order valence-corrected chi connectivity index (χ1v) is 12.4. The molecule has 1 aliphatic carbocycles. The Morgan fingerprint density at radius 3 is 2.71 bits per heavy atom. The number of ketones is 2. The fourth-order valence-electron chi connectivity index (χ4n) is 5.04. The average Bonchev–Trinajstić information content (AvgIpc) is 3.36. The number of hydrogen-bond acceptors (Lipinski definition) is 7. The Morgan fingerprint density at radius 2 is 2.06 bits per heavy atom. The number of hydrogen-bond donors (Lipinski definition) is 0. The van der Waals surface area contributed by atoms with Crippen LogP contribution in [-0.2, 0) is 14.3 Å². The van der Waals surface area contributed by atoms with Gasteiger partial charge < -0.3 is 9.47 Å². The number of halogens is 1. The zero-order valence-corrected chi connectivity index (χ0v) is 20.3. The lowest BCUT2D eigenvalue weighted by Crippen LogP contribution is -2.42. The van der Waals surface area contributed by atoms with Gasteiger partial charge in [-0.25, -0.2) is 9.37 Å². The molecule has 3 heterocycles. The summed E-state index contributed by atoms with van der Waals surface area (Å²) in [6.07, 6.45) is 0.818. The van der Waals surface area contributed by atoms with Crippen LogP contribution in [-0.4, -0.2) is 41.3 Å². The zero-order chi connectivity index (χ0) is 24.9. The number of ether oxygens (including phenoxy) is 2. The lowest BCUT2D eigenvalue weighted by Gasteiger charge is -2.36. The van der Waals surface area contributed by atoms with Crippen LogP contribution in [0.5, 0.6) is 5.75 Å². The Bertz CT molecular complexity index is 1250. The molecule has 5 rings (SSSR count). The maximum Gasteiger partial charge on any atom is 0.296 e. The van der Waals surface area contributed by atoms with Gasteiger partial charge in [0.25, 0.3) is 5.91 Å². The molecule has 1 saturated carbocycles. The maximum atomic E-state index is 14.2. The van der Waals surface area contributed by atoms with Crippen molar-refractivity contribution in [3.63, 3.8) is 0 Å². The molecule has 0 N–H and O–H groups in total. The summed E-state index contributed by atoms with van der Waals surface area (Å²) < 4.78 is 25.9. The van der Waals surface area contributed by atoms with Crippen molar-refractivity contribution in [3.8, 4) is 5.75 Å². The first-order chi connectivity index (χ1) is 16.8. The van der Waals surface area contributed by atoms with Crippen LogP contribution >= 0.6 is 11.3 Å².